The van der Waals surface area contributed by atoms with Crippen LogP contribution in [0.2, 0.25) is 5.02 Å². The van der Waals surface area contributed by atoms with Gasteiger partial charge < -0.3 is 4.42 Å². The molecular weight excluding hydrogens is 269 g/mol. The molecule has 0 amide bonds. The van der Waals surface area contributed by atoms with Crippen LogP contribution in [-0.4, -0.2) is 5.78 Å². The molecule has 0 N–H and O–H groups in total. The lowest BCUT2D eigenvalue weighted by Gasteiger charge is -2.09. The summed E-state index contributed by atoms with van der Waals surface area (Å²) in [5.41, 5.74) is 0.614. The molecule has 1 heterocycles. The standard InChI is InChI=1S/C14H9ClFNO2/c1-8-10(4-5-19-8)14(18)12(7-17)11-3-2-9(16)6-13(11)15/h2-6,12H,1H3. The summed E-state index contributed by atoms with van der Waals surface area (Å²) in [5.74, 6) is -1.58. The van der Waals surface area contributed by atoms with Gasteiger partial charge in [-0.15, -0.1) is 0 Å². The summed E-state index contributed by atoms with van der Waals surface area (Å²) in [4.78, 5) is 12.3. The van der Waals surface area contributed by atoms with Crippen LogP contribution < -0.4 is 0 Å². The van der Waals surface area contributed by atoms with Gasteiger partial charge >= 0.3 is 0 Å². The highest BCUT2D eigenvalue weighted by molar-refractivity contribution is 6.31. The van der Waals surface area contributed by atoms with Gasteiger partial charge in [0.2, 0.25) is 0 Å². The summed E-state index contributed by atoms with van der Waals surface area (Å²) in [6.45, 7) is 1.63. The highest BCUT2D eigenvalue weighted by atomic mass is 35.5. The van der Waals surface area contributed by atoms with E-state index in [0.717, 1.165) is 6.07 Å². The molecule has 0 aliphatic carbocycles. The van der Waals surface area contributed by atoms with Crippen molar-refractivity contribution < 1.29 is 13.6 Å². The number of furan rings is 1. The van der Waals surface area contributed by atoms with Crippen molar-refractivity contribution in [2.24, 2.45) is 0 Å². The molecule has 1 aromatic heterocycles. The van der Waals surface area contributed by atoms with Gasteiger partial charge in [0.15, 0.2) is 5.78 Å². The Hall–Kier alpha value is -2.12. The van der Waals surface area contributed by atoms with Crippen LogP contribution in [0.25, 0.3) is 0 Å². The molecular formula is C14H9ClFNO2. The third-order valence-electron chi connectivity index (χ3n) is 2.79. The molecule has 3 nitrogen and oxygen atoms in total. The largest absolute Gasteiger partial charge is 0.469 e. The molecule has 0 fully saturated rings. The number of hydrogen-bond donors (Lipinski definition) is 0. The average molecular weight is 278 g/mol. The molecule has 0 aliphatic heterocycles. The fraction of sp³-hybridized carbons (Fsp3) is 0.143. The second-order valence-electron chi connectivity index (χ2n) is 3.98. The van der Waals surface area contributed by atoms with Crippen LogP contribution in [0.15, 0.2) is 34.9 Å². The first kappa shape index (κ1) is 13.3. The molecule has 5 heteroatoms. The van der Waals surface area contributed by atoms with Crippen LogP contribution in [0.1, 0.15) is 27.6 Å². The summed E-state index contributed by atoms with van der Waals surface area (Å²) >= 11 is 5.88. The summed E-state index contributed by atoms with van der Waals surface area (Å²) in [6.07, 6.45) is 1.38. The minimum atomic E-state index is -1.08. The smallest absolute Gasteiger partial charge is 0.188 e. The van der Waals surface area contributed by atoms with E-state index in [1.165, 1.54) is 24.5 Å². The Kier molecular flexibility index (Phi) is 3.68. The van der Waals surface area contributed by atoms with Crippen LogP contribution in [0, 0.1) is 24.1 Å². The van der Waals surface area contributed by atoms with E-state index in [1.807, 2.05) is 6.07 Å². The van der Waals surface area contributed by atoms with Crippen molar-refractivity contribution in [3.8, 4) is 6.07 Å². The Labute approximate surface area is 114 Å². The number of rotatable bonds is 3. The molecule has 0 bridgehead atoms. The summed E-state index contributed by atoms with van der Waals surface area (Å²) in [5, 5.41) is 9.24. The molecule has 2 aromatic rings. The number of Topliss-reactive ketones (excluding diaryl/α,β-unsaturated/α-hetero) is 1. The van der Waals surface area contributed by atoms with Crippen molar-refractivity contribution in [3.05, 3.63) is 58.3 Å². The zero-order valence-corrected chi connectivity index (χ0v) is 10.7. The number of nitriles is 1. The molecule has 0 aliphatic rings. The van der Waals surface area contributed by atoms with Crippen molar-refractivity contribution in [1.82, 2.24) is 0 Å². The molecule has 1 atom stereocenters. The highest BCUT2D eigenvalue weighted by Gasteiger charge is 2.26. The Morgan fingerprint density at radius 2 is 2.21 bits per heavy atom. The maximum atomic E-state index is 13.0. The second kappa shape index (κ2) is 5.25. The summed E-state index contributed by atoms with van der Waals surface area (Å²) < 4.78 is 18.0. The number of carbonyl (C=O) groups excluding carboxylic acids is 1. The van der Waals surface area contributed by atoms with E-state index < -0.39 is 17.5 Å². The maximum absolute atomic E-state index is 13.0. The lowest BCUT2D eigenvalue weighted by atomic mass is 9.92. The van der Waals surface area contributed by atoms with E-state index in [4.69, 9.17) is 16.0 Å². The number of nitrogens with zero attached hydrogens (tertiary/aromatic N) is 1. The van der Waals surface area contributed by atoms with Crippen LogP contribution in [0.3, 0.4) is 0 Å². The summed E-state index contributed by atoms with van der Waals surface area (Å²) in [7, 11) is 0. The Morgan fingerprint density at radius 1 is 1.47 bits per heavy atom. The number of carbonyl (C=O) groups is 1. The Morgan fingerprint density at radius 3 is 2.74 bits per heavy atom. The lowest BCUT2D eigenvalue weighted by molar-refractivity contribution is 0.0977. The average Bonchev–Trinajstić information content (AvgIpc) is 2.78. The monoisotopic (exact) mass is 277 g/mol. The fourth-order valence-corrected chi connectivity index (χ4v) is 2.08. The first-order valence-electron chi connectivity index (χ1n) is 5.47. The van der Waals surface area contributed by atoms with Crippen molar-refractivity contribution in [1.29, 1.82) is 5.26 Å². The van der Waals surface area contributed by atoms with E-state index in [9.17, 15) is 14.4 Å². The van der Waals surface area contributed by atoms with E-state index in [2.05, 4.69) is 0 Å². The number of hydrogen-bond acceptors (Lipinski definition) is 3. The molecule has 2 rings (SSSR count). The molecule has 19 heavy (non-hydrogen) atoms. The first-order chi connectivity index (χ1) is 9.04. The van der Waals surface area contributed by atoms with E-state index in [-0.39, 0.29) is 10.6 Å². The third kappa shape index (κ3) is 2.51. The van der Waals surface area contributed by atoms with Gasteiger partial charge in [0.25, 0.3) is 0 Å². The van der Waals surface area contributed by atoms with Gasteiger partial charge in [-0.25, -0.2) is 4.39 Å². The predicted octanol–water partition coefficient (Wildman–Crippen LogP) is 3.87. The SMILES string of the molecule is Cc1occc1C(=O)C(C#N)c1ccc(F)cc1Cl. The highest BCUT2D eigenvalue weighted by Crippen LogP contribution is 2.29. The molecule has 0 saturated carbocycles. The zero-order chi connectivity index (χ0) is 14.0. The maximum Gasteiger partial charge on any atom is 0.188 e. The van der Waals surface area contributed by atoms with Crippen molar-refractivity contribution in [2.45, 2.75) is 12.8 Å². The van der Waals surface area contributed by atoms with Crippen molar-refractivity contribution >= 4 is 17.4 Å². The lowest BCUT2D eigenvalue weighted by Crippen LogP contribution is -2.12. The minimum absolute atomic E-state index is 0.0565. The summed E-state index contributed by atoms with van der Waals surface area (Å²) in [6, 6.07) is 6.99. The van der Waals surface area contributed by atoms with Crippen LogP contribution >= 0.6 is 11.6 Å². The van der Waals surface area contributed by atoms with Crippen molar-refractivity contribution in [3.63, 3.8) is 0 Å². The van der Waals surface area contributed by atoms with Crippen LogP contribution in [0.5, 0.6) is 0 Å². The minimum Gasteiger partial charge on any atom is -0.469 e. The van der Waals surface area contributed by atoms with E-state index >= 15 is 0 Å². The van der Waals surface area contributed by atoms with Crippen molar-refractivity contribution in [2.75, 3.05) is 0 Å². The van der Waals surface area contributed by atoms with Gasteiger partial charge in [-0.05, 0) is 30.7 Å². The van der Waals surface area contributed by atoms with Gasteiger partial charge in [0.05, 0.1) is 17.9 Å². The number of halogens is 2. The second-order valence-corrected chi connectivity index (χ2v) is 4.39. The van der Waals surface area contributed by atoms with Gasteiger partial charge in [-0.2, -0.15) is 5.26 Å². The predicted molar refractivity (Wildman–Crippen MR) is 67.5 cm³/mol. The van der Waals surface area contributed by atoms with Crippen LogP contribution in [-0.2, 0) is 0 Å². The fourth-order valence-electron chi connectivity index (χ4n) is 1.80. The van der Waals surface area contributed by atoms with E-state index in [1.54, 1.807) is 6.92 Å². The normalized spacial score (nSPS) is 11.9. The van der Waals surface area contributed by atoms with Crippen LogP contribution in [0.4, 0.5) is 4.39 Å². The molecule has 0 radical (unpaired) electrons. The van der Waals surface area contributed by atoms with E-state index in [0.29, 0.717) is 11.3 Å². The molecule has 96 valence electrons. The Balaban J connectivity index is 2.44. The molecule has 0 saturated heterocycles. The zero-order valence-electron chi connectivity index (χ0n) is 9.98. The van der Waals surface area contributed by atoms with Gasteiger partial charge in [-0.1, -0.05) is 17.7 Å². The molecule has 1 aromatic carbocycles. The van der Waals surface area contributed by atoms with Gasteiger partial charge in [-0.3, -0.25) is 4.79 Å². The Bertz CT molecular complexity index is 672. The van der Waals surface area contributed by atoms with Gasteiger partial charge in [0.1, 0.15) is 17.5 Å². The van der Waals surface area contributed by atoms with Gasteiger partial charge in [0, 0.05) is 5.02 Å². The number of aryl methyl sites for hydroxylation is 1. The third-order valence-corrected chi connectivity index (χ3v) is 3.12. The number of benzene rings is 1. The first-order valence-corrected chi connectivity index (χ1v) is 5.85. The quantitative estimate of drug-likeness (QED) is 0.800. The topological polar surface area (TPSA) is 54.0 Å². The molecule has 1 unspecified atom stereocenters. The molecule has 0 spiro atoms. The number of ketones is 1.